The number of nitrogens with two attached hydrogens (primary N) is 1. The average molecular weight is 272 g/mol. The number of ether oxygens (including phenoxy) is 1. The van der Waals surface area contributed by atoms with E-state index in [1.165, 1.54) is 0 Å². The number of halogens is 1. The van der Waals surface area contributed by atoms with E-state index >= 15 is 0 Å². The van der Waals surface area contributed by atoms with Gasteiger partial charge in [0.15, 0.2) is 0 Å². The molecule has 4 heteroatoms. The molecule has 0 heterocycles. The van der Waals surface area contributed by atoms with Crippen molar-refractivity contribution in [2.75, 3.05) is 13.2 Å². The molecule has 18 heavy (non-hydrogen) atoms. The third-order valence-corrected chi connectivity index (χ3v) is 3.01. The van der Waals surface area contributed by atoms with Gasteiger partial charge in [-0.15, -0.1) is 0 Å². The van der Waals surface area contributed by atoms with Crippen LogP contribution in [0.3, 0.4) is 0 Å². The summed E-state index contributed by atoms with van der Waals surface area (Å²) in [5.74, 6) is 0.816. The Hall–Kier alpha value is -0.770. The zero-order valence-electron chi connectivity index (χ0n) is 10.9. The smallest absolute Gasteiger partial charge is 0.124 e. The zero-order valence-corrected chi connectivity index (χ0v) is 11.6. The van der Waals surface area contributed by atoms with Crippen LogP contribution in [0.25, 0.3) is 0 Å². The molecule has 0 saturated carbocycles. The van der Waals surface area contributed by atoms with Crippen LogP contribution in [0.2, 0.25) is 5.02 Å². The first kappa shape index (κ1) is 15.3. The van der Waals surface area contributed by atoms with Crippen LogP contribution >= 0.6 is 11.6 Å². The summed E-state index contributed by atoms with van der Waals surface area (Å²) < 4.78 is 5.73. The maximum absolute atomic E-state index is 8.67. The highest BCUT2D eigenvalue weighted by molar-refractivity contribution is 6.30. The van der Waals surface area contributed by atoms with Gasteiger partial charge in [0.25, 0.3) is 0 Å². The van der Waals surface area contributed by atoms with Crippen molar-refractivity contribution in [2.24, 2.45) is 5.73 Å². The lowest BCUT2D eigenvalue weighted by Crippen LogP contribution is -2.08. The fraction of sp³-hybridized carbons (Fsp3) is 0.571. The van der Waals surface area contributed by atoms with Crippen LogP contribution in [0.15, 0.2) is 18.2 Å². The maximum atomic E-state index is 8.67. The van der Waals surface area contributed by atoms with Crippen LogP contribution in [0.5, 0.6) is 5.75 Å². The summed E-state index contributed by atoms with van der Waals surface area (Å²) in [4.78, 5) is 0. The van der Waals surface area contributed by atoms with E-state index in [0.29, 0.717) is 11.6 Å². The molecule has 0 unspecified atom stereocenters. The Labute approximate surface area is 114 Å². The summed E-state index contributed by atoms with van der Waals surface area (Å²) in [5, 5.41) is 9.34. The highest BCUT2D eigenvalue weighted by Crippen LogP contribution is 2.27. The maximum Gasteiger partial charge on any atom is 0.124 e. The standard InChI is InChI=1S/C14H22ClNO2/c1-11(16)13-10-12(15)6-7-14(13)18-9-5-3-2-4-8-17/h6-7,10-11,17H,2-5,8-9,16H2,1H3/t11-/m0/s1. The molecule has 102 valence electrons. The molecule has 1 rings (SSSR count). The van der Waals surface area contributed by atoms with Gasteiger partial charge in [-0.25, -0.2) is 0 Å². The Morgan fingerprint density at radius 3 is 2.67 bits per heavy atom. The molecular weight excluding hydrogens is 250 g/mol. The first-order valence-corrected chi connectivity index (χ1v) is 6.81. The third-order valence-electron chi connectivity index (χ3n) is 2.77. The lowest BCUT2D eigenvalue weighted by molar-refractivity contribution is 0.272. The molecule has 0 spiro atoms. The summed E-state index contributed by atoms with van der Waals surface area (Å²) in [7, 11) is 0. The fourth-order valence-electron chi connectivity index (χ4n) is 1.76. The predicted molar refractivity (Wildman–Crippen MR) is 75.1 cm³/mol. The van der Waals surface area contributed by atoms with E-state index in [9.17, 15) is 0 Å². The molecule has 0 radical (unpaired) electrons. The quantitative estimate of drug-likeness (QED) is 0.714. The van der Waals surface area contributed by atoms with E-state index in [0.717, 1.165) is 37.0 Å². The van der Waals surface area contributed by atoms with E-state index in [-0.39, 0.29) is 12.6 Å². The van der Waals surface area contributed by atoms with E-state index in [2.05, 4.69) is 0 Å². The zero-order chi connectivity index (χ0) is 13.4. The minimum absolute atomic E-state index is 0.0897. The minimum atomic E-state index is -0.0897. The van der Waals surface area contributed by atoms with E-state index in [1.54, 1.807) is 0 Å². The highest BCUT2D eigenvalue weighted by Gasteiger charge is 2.08. The van der Waals surface area contributed by atoms with Crippen LogP contribution in [0.4, 0.5) is 0 Å². The Balaban J connectivity index is 2.42. The molecule has 1 aromatic carbocycles. The molecule has 0 amide bonds. The summed E-state index contributed by atoms with van der Waals surface area (Å²) in [6.45, 7) is 2.86. The summed E-state index contributed by atoms with van der Waals surface area (Å²) in [6.07, 6.45) is 3.97. The van der Waals surface area contributed by atoms with Crippen LogP contribution in [-0.4, -0.2) is 18.3 Å². The summed E-state index contributed by atoms with van der Waals surface area (Å²) >= 11 is 5.94. The Morgan fingerprint density at radius 1 is 1.28 bits per heavy atom. The summed E-state index contributed by atoms with van der Waals surface area (Å²) in [5.41, 5.74) is 6.83. The van der Waals surface area contributed by atoms with E-state index in [1.807, 2.05) is 25.1 Å². The van der Waals surface area contributed by atoms with E-state index in [4.69, 9.17) is 27.2 Å². The molecule has 0 fully saturated rings. The van der Waals surface area contributed by atoms with Crippen molar-refractivity contribution in [3.05, 3.63) is 28.8 Å². The van der Waals surface area contributed by atoms with Crippen molar-refractivity contribution in [1.82, 2.24) is 0 Å². The second kappa shape index (κ2) is 8.35. The van der Waals surface area contributed by atoms with Gasteiger partial charge in [-0.2, -0.15) is 0 Å². The van der Waals surface area contributed by atoms with Gasteiger partial charge < -0.3 is 15.6 Å². The molecule has 1 aromatic rings. The second-order valence-corrected chi connectivity index (χ2v) is 4.89. The van der Waals surface area contributed by atoms with Crippen LogP contribution in [0, 0.1) is 0 Å². The van der Waals surface area contributed by atoms with Gasteiger partial charge in [-0.1, -0.05) is 18.0 Å². The Bertz CT molecular complexity index is 356. The number of hydrogen-bond donors (Lipinski definition) is 2. The molecule has 1 atom stereocenters. The number of unbranched alkanes of at least 4 members (excludes halogenated alkanes) is 3. The van der Waals surface area contributed by atoms with Crippen molar-refractivity contribution >= 4 is 11.6 Å². The summed E-state index contributed by atoms with van der Waals surface area (Å²) in [6, 6.07) is 5.45. The molecule has 0 saturated heterocycles. The van der Waals surface area contributed by atoms with Gasteiger partial charge in [0.05, 0.1) is 6.61 Å². The molecule has 0 aliphatic heterocycles. The molecule has 3 nitrogen and oxygen atoms in total. The largest absolute Gasteiger partial charge is 0.493 e. The van der Waals surface area contributed by atoms with Gasteiger partial charge in [-0.05, 0) is 44.4 Å². The van der Waals surface area contributed by atoms with Crippen molar-refractivity contribution in [2.45, 2.75) is 38.6 Å². The van der Waals surface area contributed by atoms with Gasteiger partial charge in [0.1, 0.15) is 5.75 Å². The van der Waals surface area contributed by atoms with Crippen LogP contribution in [0.1, 0.15) is 44.2 Å². The number of aliphatic hydroxyl groups is 1. The number of rotatable bonds is 8. The predicted octanol–water partition coefficient (Wildman–Crippen LogP) is 3.29. The molecule has 0 aliphatic carbocycles. The normalized spacial score (nSPS) is 12.4. The first-order chi connectivity index (χ1) is 8.65. The lowest BCUT2D eigenvalue weighted by atomic mass is 10.1. The lowest BCUT2D eigenvalue weighted by Gasteiger charge is -2.14. The van der Waals surface area contributed by atoms with Gasteiger partial charge >= 0.3 is 0 Å². The van der Waals surface area contributed by atoms with Crippen LogP contribution in [-0.2, 0) is 0 Å². The number of benzene rings is 1. The second-order valence-electron chi connectivity index (χ2n) is 4.46. The van der Waals surface area contributed by atoms with Crippen LogP contribution < -0.4 is 10.5 Å². The van der Waals surface area contributed by atoms with Gasteiger partial charge in [0.2, 0.25) is 0 Å². The number of aliphatic hydroxyl groups excluding tert-OH is 1. The average Bonchev–Trinajstić information content (AvgIpc) is 2.35. The third kappa shape index (κ3) is 5.25. The number of hydrogen-bond acceptors (Lipinski definition) is 3. The molecule has 3 N–H and O–H groups in total. The van der Waals surface area contributed by atoms with Gasteiger partial charge in [0, 0.05) is 23.2 Å². The minimum Gasteiger partial charge on any atom is -0.493 e. The first-order valence-electron chi connectivity index (χ1n) is 6.44. The van der Waals surface area contributed by atoms with Crippen molar-refractivity contribution in [3.63, 3.8) is 0 Å². The molecular formula is C14H22ClNO2. The topological polar surface area (TPSA) is 55.5 Å². The molecule has 0 bridgehead atoms. The monoisotopic (exact) mass is 271 g/mol. The van der Waals surface area contributed by atoms with Crippen molar-refractivity contribution in [1.29, 1.82) is 0 Å². The SMILES string of the molecule is C[C@H](N)c1cc(Cl)ccc1OCCCCCCO. The van der Waals surface area contributed by atoms with Gasteiger partial charge in [-0.3, -0.25) is 0 Å². The highest BCUT2D eigenvalue weighted by atomic mass is 35.5. The molecule has 0 aromatic heterocycles. The fourth-order valence-corrected chi connectivity index (χ4v) is 1.94. The molecule has 0 aliphatic rings. The Morgan fingerprint density at radius 2 is 2.00 bits per heavy atom. The Kier molecular flexibility index (Phi) is 7.09. The van der Waals surface area contributed by atoms with Crippen molar-refractivity contribution in [3.8, 4) is 5.75 Å². The van der Waals surface area contributed by atoms with Crippen molar-refractivity contribution < 1.29 is 9.84 Å². The van der Waals surface area contributed by atoms with E-state index < -0.39 is 0 Å².